The summed E-state index contributed by atoms with van der Waals surface area (Å²) in [5, 5.41) is 5.76. The number of nitrogens with zero attached hydrogens (tertiary/aromatic N) is 2. The summed E-state index contributed by atoms with van der Waals surface area (Å²) in [5.74, 6) is 0.906. The van der Waals surface area contributed by atoms with Gasteiger partial charge in [-0.05, 0) is 49.9 Å². The van der Waals surface area contributed by atoms with Gasteiger partial charge in [0, 0.05) is 16.8 Å². The van der Waals surface area contributed by atoms with Crippen molar-refractivity contribution in [3.05, 3.63) is 40.9 Å². The van der Waals surface area contributed by atoms with Gasteiger partial charge in [0.25, 0.3) is 0 Å². The molecule has 3 heterocycles. The number of nitrogens with one attached hydrogen (secondary N) is 1. The molecule has 0 aliphatic carbocycles. The number of hydrogen-bond acceptors (Lipinski definition) is 5. The molecule has 0 radical (unpaired) electrons. The third kappa shape index (κ3) is 4.07. The molecule has 1 amide bonds. The second-order valence-electron chi connectivity index (χ2n) is 7.01. The van der Waals surface area contributed by atoms with Crippen LogP contribution >= 0.6 is 23.1 Å². The fourth-order valence-corrected chi connectivity index (χ4v) is 5.30. The Morgan fingerprint density at radius 1 is 1.32 bits per heavy atom. The van der Waals surface area contributed by atoms with Gasteiger partial charge >= 0.3 is 0 Å². The second-order valence-corrected chi connectivity index (χ2v) is 9.11. The summed E-state index contributed by atoms with van der Waals surface area (Å²) >= 11 is 3.19. The summed E-state index contributed by atoms with van der Waals surface area (Å²) in [6, 6.07) is 8.26. The normalized spacial score (nSPS) is 21.2. The SMILES string of the molecule is CC1CCN(Cc2csc(NC(=O)C3Cc4ccccc4S3)n2)CC1. The quantitative estimate of drug-likeness (QED) is 0.879. The summed E-state index contributed by atoms with van der Waals surface area (Å²) in [6.45, 7) is 5.52. The smallest absolute Gasteiger partial charge is 0.239 e. The highest BCUT2D eigenvalue weighted by Crippen LogP contribution is 2.37. The third-order valence-electron chi connectivity index (χ3n) is 4.98. The minimum atomic E-state index is -0.0478. The molecule has 0 saturated carbocycles. The van der Waals surface area contributed by atoms with E-state index in [0.29, 0.717) is 0 Å². The number of amides is 1. The van der Waals surface area contributed by atoms with E-state index in [9.17, 15) is 4.79 Å². The molecule has 1 aromatic heterocycles. The third-order valence-corrected chi connectivity index (χ3v) is 7.11. The van der Waals surface area contributed by atoms with Crippen LogP contribution in [0.5, 0.6) is 0 Å². The van der Waals surface area contributed by atoms with Crippen molar-refractivity contribution in [2.75, 3.05) is 18.4 Å². The Morgan fingerprint density at radius 3 is 2.92 bits per heavy atom. The molecule has 1 saturated heterocycles. The predicted octanol–water partition coefficient (Wildman–Crippen LogP) is 4.03. The zero-order chi connectivity index (χ0) is 17.2. The number of fused-ring (bicyclic) bond motifs is 1. The van der Waals surface area contributed by atoms with Gasteiger partial charge in [0.05, 0.1) is 10.9 Å². The first kappa shape index (κ1) is 17.1. The molecule has 6 heteroatoms. The zero-order valence-electron chi connectivity index (χ0n) is 14.4. The highest BCUT2D eigenvalue weighted by Gasteiger charge is 2.28. The van der Waals surface area contributed by atoms with Gasteiger partial charge in [-0.3, -0.25) is 9.69 Å². The molecular weight excluding hydrogens is 350 g/mol. The maximum absolute atomic E-state index is 12.5. The number of hydrogen-bond donors (Lipinski definition) is 1. The highest BCUT2D eigenvalue weighted by atomic mass is 32.2. The monoisotopic (exact) mass is 373 g/mol. The lowest BCUT2D eigenvalue weighted by atomic mass is 9.99. The molecule has 2 aliphatic rings. The molecule has 4 rings (SSSR count). The van der Waals surface area contributed by atoms with Crippen molar-refractivity contribution < 1.29 is 4.79 Å². The van der Waals surface area contributed by atoms with Crippen LogP contribution < -0.4 is 5.32 Å². The number of carbonyl (C=O) groups excluding carboxylic acids is 1. The number of benzene rings is 1. The lowest BCUT2D eigenvalue weighted by Crippen LogP contribution is -2.32. The topological polar surface area (TPSA) is 45.2 Å². The van der Waals surface area contributed by atoms with Crippen molar-refractivity contribution in [2.45, 2.75) is 42.9 Å². The summed E-state index contributed by atoms with van der Waals surface area (Å²) in [6.07, 6.45) is 3.34. The molecule has 2 aliphatic heterocycles. The minimum Gasteiger partial charge on any atom is -0.301 e. The summed E-state index contributed by atoms with van der Waals surface area (Å²) in [4.78, 5) is 20.8. The summed E-state index contributed by atoms with van der Waals surface area (Å²) in [7, 11) is 0. The number of piperidine rings is 1. The van der Waals surface area contributed by atoms with Crippen LogP contribution in [0, 0.1) is 5.92 Å². The van der Waals surface area contributed by atoms with Gasteiger partial charge in [-0.15, -0.1) is 23.1 Å². The van der Waals surface area contributed by atoms with E-state index in [4.69, 9.17) is 0 Å². The van der Waals surface area contributed by atoms with Crippen LogP contribution in [0.1, 0.15) is 31.0 Å². The van der Waals surface area contributed by atoms with Crippen molar-refractivity contribution in [3.63, 3.8) is 0 Å². The van der Waals surface area contributed by atoms with Gasteiger partial charge in [-0.25, -0.2) is 4.98 Å². The summed E-state index contributed by atoms with van der Waals surface area (Å²) in [5.41, 5.74) is 2.34. The van der Waals surface area contributed by atoms with E-state index in [1.54, 1.807) is 11.8 Å². The molecular formula is C19H23N3OS2. The Hall–Kier alpha value is -1.37. The number of aromatic nitrogens is 1. The molecule has 25 heavy (non-hydrogen) atoms. The fourth-order valence-electron chi connectivity index (χ4n) is 3.40. The van der Waals surface area contributed by atoms with Crippen molar-refractivity contribution >= 4 is 34.1 Å². The number of anilines is 1. The standard InChI is InChI=1S/C19H23N3OS2/c1-13-6-8-22(9-7-13)11-15-12-24-19(20-15)21-18(23)17-10-14-4-2-3-5-16(14)25-17/h2-5,12-13,17H,6-11H2,1H3,(H,20,21,23). The van der Waals surface area contributed by atoms with Crippen molar-refractivity contribution in [2.24, 2.45) is 5.92 Å². The Balaban J connectivity index is 1.32. The van der Waals surface area contributed by atoms with Gasteiger partial charge in [-0.1, -0.05) is 25.1 Å². The number of carbonyl (C=O) groups is 1. The van der Waals surface area contributed by atoms with E-state index in [0.717, 1.165) is 42.8 Å². The van der Waals surface area contributed by atoms with Crippen LogP contribution in [0.15, 0.2) is 34.5 Å². The predicted molar refractivity (Wildman–Crippen MR) is 104 cm³/mol. The number of likely N-dealkylation sites (tertiary alicyclic amines) is 1. The number of thioether (sulfide) groups is 1. The summed E-state index contributed by atoms with van der Waals surface area (Å²) < 4.78 is 0. The van der Waals surface area contributed by atoms with Crippen LogP contribution in [0.25, 0.3) is 0 Å². The van der Waals surface area contributed by atoms with Gasteiger partial charge in [0.15, 0.2) is 5.13 Å². The molecule has 1 N–H and O–H groups in total. The Bertz CT molecular complexity index is 728. The molecule has 132 valence electrons. The van der Waals surface area contributed by atoms with Crippen LogP contribution in [0.3, 0.4) is 0 Å². The van der Waals surface area contributed by atoms with Crippen molar-refractivity contribution in [1.82, 2.24) is 9.88 Å². The lowest BCUT2D eigenvalue weighted by molar-refractivity contribution is -0.115. The van der Waals surface area contributed by atoms with Crippen LogP contribution in [0.2, 0.25) is 0 Å². The van der Waals surface area contributed by atoms with Crippen LogP contribution in [-0.2, 0) is 17.8 Å². The maximum atomic E-state index is 12.5. The minimum absolute atomic E-state index is 0.0478. The molecule has 1 fully saturated rings. The van der Waals surface area contributed by atoms with Gasteiger partial charge in [0.1, 0.15) is 0 Å². The van der Waals surface area contributed by atoms with Crippen LogP contribution in [0.4, 0.5) is 5.13 Å². The van der Waals surface area contributed by atoms with E-state index in [1.807, 2.05) is 12.1 Å². The molecule has 1 aromatic carbocycles. The molecule has 0 spiro atoms. The van der Waals surface area contributed by atoms with E-state index >= 15 is 0 Å². The van der Waals surface area contributed by atoms with Crippen molar-refractivity contribution in [3.8, 4) is 0 Å². The average molecular weight is 374 g/mol. The van der Waals surface area contributed by atoms with E-state index in [-0.39, 0.29) is 11.2 Å². The van der Waals surface area contributed by atoms with Gasteiger partial charge in [0.2, 0.25) is 5.91 Å². The van der Waals surface area contributed by atoms with E-state index < -0.39 is 0 Å². The first-order valence-electron chi connectivity index (χ1n) is 8.89. The van der Waals surface area contributed by atoms with Crippen LogP contribution in [-0.4, -0.2) is 34.1 Å². The van der Waals surface area contributed by atoms with E-state index in [1.165, 1.54) is 34.6 Å². The van der Waals surface area contributed by atoms with E-state index in [2.05, 4.69) is 39.6 Å². The van der Waals surface area contributed by atoms with Gasteiger partial charge < -0.3 is 5.32 Å². The largest absolute Gasteiger partial charge is 0.301 e. The molecule has 4 nitrogen and oxygen atoms in total. The molecule has 1 atom stereocenters. The maximum Gasteiger partial charge on any atom is 0.239 e. The highest BCUT2D eigenvalue weighted by molar-refractivity contribution is 8.01. The zero-order valence-corrected chi connectivity index (χ0v) is 16.0. The average Bonchev–Trinajstić information content (AvgIpc) is 3.23. The van der Waals surface area contributed by atoms with Gasteiger partial charge in [-0.2, -0.15) is 0 Å². The Labute approximate surface area is 157 Å². The Kier molecular flexibility index (Phi) is 5.10. The van der Waals surface area contributed by atoms with Crippen molar-refractivity contribution in [1.29, 1.82) is 0 Å². The number of thiazole rings is 1. The molecule has 2 aromatic rings. The Morgan fingerprint density at radius 2 is 2.12 bits per heavy atom. The first-order valence-corrected chi connectivity index (χ1v) is 10.7. The second kappa shape index (κ2) is 7.48. The first-order chi connectivity index (χ1) is 12.2. The molecule has 0 bridgehead atoms. The molecule has 1 unspecified atom stereocenters. The lowest BCUT2D eigenvalue weighted by Gasteiger charge is -2.29. The number of rotatable bonds is 4. The fraction of sp³-hybridized carbons (Fsp3) is 0.474.